The van der Waals surface area contributed by atoms with Crippen LogP contribution in [0.5, 0.6) is 5.75 Å². The minimum atomic E-state index is -1.19. The number of para-hydroxylation sites is 1. The largest absolute Gasteiger partial charge is 0.469 e. The normalized spacial score (nSPS) is 23.2. The van der Waals surface area contributed by atoms with Crippen LogP contribution in [0.15, 0.2) is 57.6 Å². The van der Waals surface area contributed by atoms with Crippen LogP contribution in [0.3, 0.4) is 0 Å². The summed E-state index contributed by atoms with van der Waals surface area (Å²) in [4.78, 5) is 49.1. The van der Waals surface area contributed by atoms with Gasteiger partial charge in [0.25, 0.3) is 0 Å². The van der Waals surface area contributed by atoms with E-state index in [2.05, 4.69) is 15.6 Å². The fourth-order valence-electron chi connectivity index (χ4n) is 6.99. The predicted molar refractivity (Wildman–Crippen MR) is 172 cm³/mol. The van der Waals surface area contributed by atoms with Crippen LogP contribution in [0.2, 0.25) is 0 Å². The van der Waals surface area contributed by atoms with E-state index in [-0.39, 0.29) is 47.8 Å². The molecular weight excluding hydrogens is 616 g/mol. The van der Waals surface area contributed by atoms with Gasteiger partial charge in [0.2, 0.25) is 17.7 Å². The fourth-order valence-corrected chi connectivity index (χ4v) is 6.99. The number of nitrogens with one attached hydrogen (secondary N) is 2. The Balaban J connectivity index is 1.49. The number of ketones is 1. The first-order chi connectivity index (χ1) is 22.8. The summed E-state index contributed by atoms with van der Waals surface area (Å²) < 4.78 is 24.1. The van der Waals surface area contributed by atoms with E-state index in [0.29, 0.717) is 11.5 Å². The van der Waals surface area contributed by atoms with E-state index >= 15 is 0 Å². The average Bonchev–Trinajstić information content (AvgIpc) is 3.82. The molecule has 0 aliphatic carbocycles. The number of esters is 1. The lowest BCUT2D eigenvalue weighted by Gasteiger charge is -2.32. The monoisotopic (exact) mass is 654 g/mol. The maximum absolute atomic E-state index is 14.2. The van der Waals surface area contributed by atoms with E-state index in [1.807, 2.05) is 63.2 Å². The van der Waals surface area contributed by atoms with Crippen LogP contribution >= 0.6 is 0 Å². The number of anilines is 1. The molecule has 1 amide bonds. The second-order valence-electron chi connectivity index (χ2n) is 14.2. The Morgan fingerprint density at radius 3 is 2.60 bits per heavy atom. The number of ether oxygens (including phenoxy) is 2. The molecule has 3 aliphatic heterocycles. The van der Waals surface area contributed by atoms with E-state index in [9.17, 15) is 19.5 Å². The van der Waals surface area contributed by atoms with Gasteiger partial charge in [-0.25, -0.2) is 14.8 Å². The van der Waals surface area contributed by atoms with E-state index < -0.39 is 46.9 Å². The highest BCUT2D eigenvalue weighted by atomic mass is 16.5. The lowest BCUT2D eigenvalue weighted by atomic mass is 9.72. The molecule has 3 aliphatic rings. The summed E-state index contributed by atoms with van der Waals surface area (Å²) in [5.41, 5.74) is 1.76. The Hall–Kier alpha value is -4.97. The number of aliphatic hydroxyl groups is 1. The molecule has 0 radical (unpaired) electrons. The van der Waals surface area contributed by atoms with Gasteiger partial charge in [0, 0.05) is 23.6 Å². The molecule has 4 bridgehead atoms. The van der Waals surface area contributed by atoms with Crippen molar-refractivity contribution >= 4 is 23.3 Å². The molecule has 4 aromatic rings. The van der Waals surface area contributed by atoms with Crippen LogP contribution in [0.4, 0.5) is 5.69 Å². The van der Waals surface area contributed by atoms with Crippen molar-refractivity contribution in [2.75, 3.05) is 12.4 Å². The summed E-state index contributed by atoms with van der Waals surface area (Å²) in [6, 6.07) is 12.8. The lowest BCUT2D eigenvalue weighted by Crippen LogP contribution is -2.42. The number of benzene rings is 2. The van der Waals surface area contributed by atoms with Crippen molar-refractivity contribution < 1.29 is 37.8 Å². The third-order valence-electron chi connectivity index (χ3n) is 9.51. The Kier molecular flexibility index (Phi) is 7.46. The molecule has 0 saturated carbocycles. The van der Waals surface area contributed by atoms with Gasteiger partial charge in [0.15, 0.2) is 29.2 Å². The average molecular weight is 655 g/mol. The molecule has 0 saturated heterocycles. The van der Waals surface area contributed by atoms with Crippen molar-refractivity contribution in [1.29, 1.82) is 0 Å². The second-order valence-corrected chi connectivity index (χ2v) is 14.2. The molecule has 5 atom stereocenters. The van der Waals surface area contributed by atoms with E-state index in [4.69, 9.17) is 23.3 Å². The van der Waals surface area contributed by atoms with Crippen molar-refractivity contribution in [1.82, 2.24) is 15.3 Å². The molecule has 3 N–H and O–H groups in total. The predicted octanol–water partition coefficient (Wildman–Crippen LogP) is 4.95. The van der Waals surface area contributed by atoms with Crippen molar-refractivity contribution in [2.24, 2.45) is 17.3 Å². The summed E-state index contributed by atoms with van der Waals surface area (Å²) in [5.74, 6) is -1.34. The van der Waals surface area contributed by atoms with Crippen LogP contribution < -0.4 is 15.4 Å². The molecule has 0 fully saturated rings. The number of carbonyl (C=O) groups is 3. The number of nitrogens with zero attached hydrogens (tertiary/aromatic N) is 2. The van der Waals surface area contributed by atoms with Crippen LogP contribution in [-0.2, 0) is 26.2 Å². The third kappa shape index (κ3) is 4.88. The smallest absolute Gasteiger partial charge is 0.360 e. The molecule has 5 heterocycles. The number of oxazole rings is 2. The number of Topliss-reactive ketones (excluding diaryl/α,β-unsaturated/α-hetero) is 1. The van der Waals surface area contributed by atoms with Gasteiger partial charge in [-0.2, -0.15) is 0 Å². The van der Waals surface area contributed by atoms with Gasteiger partial charge in [-0.05, 0) is 41.0 Å². The lowest BCUT2D eigenvalue weighted by molar-refractivity contribution is -0.135. The van der Waals surface area contributed by atoms with E-state index in [1.165, 1.54) is 13.4 Å². The topological polar surface area (TPSA) is 166 Å². The molecule has 1 spiro atoms. The van der Waals surface area contributed by atoms with Crippen LogP contribution in [0, 0.1) is 17.3 Å². The molecule has 2 aromatic carbocycles. The van der Waals surface area contributed by atoms with Crippen LogP contribution in [0.1, 0.15) is 85.9 Å². The zero-order valence-electron chi connectivity index (χ0n) is 27.6. The number of hydrogen-bond acceptors (Lipinski definition) is 11. The molecule has 2 aromatic heterocycles. The highest BCUT2D eigenvalue weighted by Crippen LogP contribution is 2.59. The van der Waals surface area contributed by atoms with Gasteiger partial charge in [-0.1, -0.05) is 65.0 Å². The zero-order chi connectivity index (χ0) is 34.1. The number of rotatable bonds is 6. The minimum Gasteiger partial charge on any atom is -0.469 e. The molecule has 12 heteroatoms. The number of aromatic nitrogens is 2. The SMILES string of the molecule is COC(=O)c1coc(-c2nc3oc2[C@@]24c5ccccc5NC2Oc2ccc(cc24)CC(CC(=O)[C@@H](O)C(C)C)C(=O)N[C@H]3C(C)(C)C)n1. The quantitative estimate of drug-likeness (QED) is 0.241. The molecular formula is C36H38N4O8. The summed E-state index contributed by atoms with van der Waals surface area (Å²) in [5, 5.41) is 17.2. The van der Waals surface area contributed by atoms with Crippen LogP contribution in [-0.4, -0.2) is 52.2 Å². The number of carbonyl (C=O) groups excluding carboxylic acids is 3. The maximum Gasteiger partial charge on any atom is 0.360 e. The molecule has 2 unspecified atom stereocenters. The number of aliphatic hydroxyl groups excluding tert-OH is 1. The summed E-state index contributed by atoms with van der Waals surface area (Å²) in [7, 11) is 1.26. The van der Waals surface area contributed by atoms with Gasteiger partial charge < -0.3 is 34.0 Å². The number of amides is 1. The molecule has 7 rings (SSSR count). The van der Waals surface area contributed by atoms with Gasteiger partial charge in [-0.3, -0.25) is 9.59 Å². The fraction of sp³-hybridized carbons (Fsp3) is 0.417. The van der Waals surface area contributed by atoms with Gasteiger partial charge in [0.05, 0.1) is 7.11 Å². The highest BCUT2D eigenvalue weighted by Gasteiger charge is 2.61. The number of hydrogen-bond donors (Lipinski definition) is 3. The van der Waals surface area contributed by atoms with E-state index in [1.54, 1.807) is 13.8 Å². The van der Waals surface area contributed by atoms with Crippen molar-refractivity contribution in [2.45, 2.75) is 71.2 Å². The van der Waals surface area contributed by atoms with Crippen LogP contribution in [0.25, 0.3) is 11.6 Å². The first-order valence-corrected chi connectivity index (χ1v) is 16.1. The summed E-state index contributed by atoms with van der Waals surface area (Å²) in [6.45, 7) is 9.38. The van der Waals surface area contributed by atoms with Gasteiger partial charge >= 0.3 is 5.97 Å². The van der Waals surface area contributed by atoms with E-state index in [0.717, 1.165) is 22.4 Å². The zero-order valence-corrected chi connectivity index (χ0v) is 27.6. The summed E-state index contributed by atoms with van der Waals surface area (Å²) >= 11 is 0. The summed E-state index contributed by atoms with van der Waals surface area (Å²) in [6.07, 6.45) is -0.550. The molecule has 250 valence electrons. The van der Waals surface area contributed by atoms with Crippen molar-refractivity contribution in [3.8, 4) is 17.3 Å². The van der Waals surface area contributed by atoms with Crippen molar-refractivity contribution in [3.63, 3.8) is 0 Å². The minimum absolute atomic E-state index is 0.0301. The maximum atomic E-state index is 14.2. The Morgan fingerprint density at radius 2 is 1.88 bits per heavy atom. The Bertz CT molecular complexity index is 1940. The van der Waals surface area contributed by atoms with Gasteiger partial charge in [-0.15, -0.1) is 0 Å². The van der Waals surface area contributed by atoms with Crippen molar-refractivity contribution in [3.05, 3.63) is 82.8 Å². The second kappa shape index (κ2) is 11.3. The first-order valence-electron chi connectivity index (χ1n) is 16.1. The molecule has 48 heavy (non-hydrogen) atoms. The Labute approximate surface area is 277 Å². The number of fused-ring (bicyclic) bond motifs is 4. The standard InChI is InChI=1S/C36H38N4O8/c1-17(2)27(42)24(41)15-19-13-18-11-12-25-21(14-18)36(20-9-7-8-10-22(20)38-34(36)47-25)29-26(31-37-23(16-46-31)33(44)45-6)39-32(48-29)28(35(3,4)5)40-30(19)43/h7-12,14,16-17,19,27-28,34,38,42H,13,15H2,1-6H3,(H,40,43)/t19?,27-,28+,34?,36-/m0/s1. The number of methoxy groups -OCH3 is 1. The molecule has 12 nitrogen and oxygen atoms in total. The third-order valence-corrected chi connectivity index (χ3v) is 9.51. The first kappa shape index (κ1) is 31.6. The highest BCUT2D eigenvalue weighted by molar-refractivity contribution is 5.90. The van der Waals surface area contributed by atoms with Gasteiger partial charge in [0.1, 0.15) is 29.6 Å². The Morgan fingerprint density at radius 1 is 1.10 bits per heavy atom.